The van der Waals surface area contributed by atoms with E-state index in [0.717, 1.165) is 19.6 Å². The van der Waals surface area contributed by atoms with Crippen LogP contribution in [0.15, 0.2) is 24.3 Å². The Balaban J connectivity index is 1.91. The van der Waals surface area contributed by atoms with Crippen molar-refractivity contribution in [3.05, 3.63) is 35.4 Å². The number of hydrogen-bond donors (Lipinski definition) is 1. The summed E-state index contributed by atoms with van der Waals surface area (Å²) in [5, 5.41) is 0. The minimum atomic E-state index is -0.0100. The largest absolute Gasteiger partial charge is 0.378 e. The van der Waals surface area contributed by atoms with E-state index in [1.54, 1.807) is 7.11 Å². The fraction of sp³-hybridized carbons (Fsp3) is 0.600. The van der Waals surface area contributed by atoms with Crippen LogP contribution in [0.5, 0.6) is 0 Å². The Labute approximate surface area is 110 Å². The van der Waals surface area contributed by atoms with Gasteiger partial charge < -0.3 is 10.5 Å². The number of nitrogens with two attached hydrogens (primary N) is 1. The van der Waals surface area contributed by atoms with Crippen molar-refractivity contribution in [2.45, 2.75) is 32.5 Å². The van der Waals surface area contributed by atoms with Gasteiger partial charge in [-0.3, -0.25) is 4.90 Å². The summed E-state index contributed by atoms with van der Waals surface area (Å²) in [5.74, 6) is 0.632. The van der Waals surface area contributed by atoms with Gasteiger partial charge in [-0.25, -0.2) is 0 Å². The van der Waals surface area contributed by atoms with Crippen molar-refractivity contribution < 1.29 is 4.74 Å². The number of benzene rings is 1. The molecule has 2 rings (SSSR count). The van der Waals surface area contributed by atoms with Gasteiger partial charge in [0, 0.05) is 39.2 Å². The molecule has 1 fully saturated rings. The zero-order valence-electron chi connectivity index (χ0n) is 11.6. The third kappa shape index (κ3) is 2.74. The average molecular weight is 248 g/mol. The fourth-order valence-electron chi connectivity index (χ4n) is 2.46. The van der Waals surface area contributed by atoms with Gasteiger partial charge >= 0.3 is 0 Å². The van der Waals surface area contributed by atoms with Crippen LogP contribution in [0.2, 0.25) is 0 Å². The van der Waals surface area contributed by atoms with Crippen molar-refractivity contribution >= 4 is 0 Å². The molecule has 2 N–H and O–H groups in total. The van der Waals surface area contributed by atoms with Gasteiger partial charge in [0.25, 0.3) is 0 Å². The molecule has 1 aromatic carbocycles. The van der Waals surface area contributed by atoms with Gasteiger partial charge in [0.15, 0.2) is 0 Å². The van der Waals surface area contributed by atoms with Crippen LogP contribution < -0.4 is 5.73 Å². The van der Waals surface area contributed by atoms with Crippen molar-refractivity contribution in [2.24, 2.45) is 11.7 Å². The van der Waals surface area contributed by atoms with E-state index in [0.29, 0.717) is 12.5 Å². The van der Waals surface area contributed by atoms with Crippen LogP contribution in [0.3, 0.4) is 0 Å². The number of rotatable bonds is 5. The molecule has 0 radical (unpaired) electrons. The highest BCUT2D eigenvalue weighted by Crippen LogP contribution is 2.30. The van der Waals surface area contributed by atoms with E-state index in [4.69, 9.17) is 10.5 Å². The second kappa shape index (κ2) is 5.39. The number of methoxy groups -OCH3 is 1. The van der Waals surface area contributed by atoms with Crippen LogP contribution in [-0.2, 0) is 17.8 Å². The summed E-state index contributed by atoms with van der Waals surface area (Å²) in [4.78, 5) is 2.46. The highest BCUT2D eigenvalue weighted by atomic mass is 16.5. The maximum Gasteiger partial charge on any atom is 0.0675 e. The van der Waals surface area contributed by atoms with E-state index in [-0.39, 0.29) is 5.60 Å². The van der Waals surface area contributed by atoms with Gasteiger partial charge in [0.05, 0.1) is 5.60 Å². The maximum atomic E-state index is 5.77. The fourth-order valence-corrected chi connectivity index (χ4v) is 2.46. The smallest absolute Gasteiger partial charge is 0.0675 e. The zero-order chi connectivity index (χ0) is 13.2. The Bertz CT molecular complexity index is 397. The second-order valence-electron chi connectivity index (χ2n) is 5.67. The summed E-state index contributed by atoms with van der Waals surface area (Å²) in [6.07, 6.45) is 0. The van der Waals surface area contributed by atoms with Gasteiger partial charge in [0.2, 0.25) is 0 Å². The molecule has 1 aliphatic rings. The van der Waals surface area contributed by atoms with Crippen LogP contribution in [0, 0.1) is 5.92 Å². The summed E-state index contributed by atoms with van der Waals surface area (Å²) < 4.78 is 5.54. The second-order valence-corrected chi connectivity index (χ2v) is 5.67. The van der Waals surface area contributed by atoms with E-state index in [1.807, 2.05) is 0 Å². The Kier molecular flexibility index (Phi) is 4.05. The lowest BCUT2D eigenvalue weighted by Gasteiger charge is -2.47. The molecule has 3 nitrogen and oxygen atoms in total. The van der Waals surface area contributed by atoms with Gasteiger partial charge in [-0.15, -0.1) is 0 Å². The van der Waals surface area contributed by atoms with E-state index < -0.39 is 0 Å². The first kappa shape index (κ1) is 13.5. The monoisotopic (exact) mass is 248 g/mol. The summed E-state index contributed by atoms with van der Waals surface area (Å²) in [5.41, 5.74) is 8.37. The predicted octanol–water partition coefficient (Wildman–Crippen LogP) is 2.00. The molecule has 0 aliphatic carbocycles. The average Bonchev–Trinajstić information content (AvgIpc) is 2.33. The van der Waals surface area contributed by atoms with Crippen molar-refractivity contribution in [3.63, 3.8) is 0 Å². The topological polar surface area (TPSA) is 38.5 Å². The van der Waals surface area contributed by atoms with E-state index in [1.165, 1.54) is 11.1 Å². The molecule has 1 aromatic rings. The van der Waals surface area contributed by atoms with E-state index >= 15 is 0 Å². The lowest BCUT2D eigenvalue weighted by Crippen LogP contribution is -2.55. The van der Waals surface area contributed by atoms with Crippen molar-refractivity contribution in [2.75, 3.05) is 20.2 Å². The molecule has 0 atom stereocenters. The van der Waals surface area contributed by atoms with Crippen LogP contribution in [0.4, 0.5) is 0 Å². The molecule has 1 saturated heterocycles. The van der Waals surface area contributed by atoms with Gasteiger partial charge in [-0.05, 0) is 25.0 Å². The zero-order valence-corrected chi connectivity index (χ0v) is 11.6. The number of ether oxygens (including phenoxy) is 1. The molecule has 0 spiro atoms. The number of nitrogens with zero attached hydrogens (tertiary/aromatic N) is 1. The molecule has 100 valence electrons. The first-order chi connectivity index (χ1) is 8.56. The molecule has 0 aromatic heterocycles. The van der Waals surface area contributed by atoms with E-state index in [2.05, 4.69) is 43.0 Å². The van der Waals surface area contributed by atoms with Gasteiger partial charge in [0.1, 0.15) is 0 Å². The van der Waals surface area contributed by atoms with Crippen molar-refractivity contribution in [1.82, 2.24) is 4.90 Å². The molecule has 3 heteroatoms. The summed E-state index contributed by atoms with van der Waals surface area (Å²) >= 11 is 0. The molecule has 0 amide bonds. The van der Waals surface area contributed by atoms with Crippen LogP contribution in [0.25, 0.3) is 0 Å². The number of likely N-dealkylation sites (tertiary alicyclic amines) is 1. The SMILES string of the molecule is COC(C)(C)C1CN(Cc2ccccc2CN)C1. The third-order valence-corrected chi connectivity index (χ3v) is 4.20. The van der Waals surface area contributed by atoms with Crippen LogP contribution in [-0.4, -0.2) is 30.7 Å². The van der Waals surface area contributed by atoms with E-state index in [9.17, 15) is 0 Å². The highest BCUT2D eigenvalue weighted by Gasteiger charge is 2.38. The van der Waals surface area contributed by atoms with Gasteiger partial charge in [-0.2, -0.15) is 0 Å². The molecule has 0 unspecified atom stereocenters. The Morgan fingerprint density at radius 2 is 1.89 bits per heavy atom. The minimum Gasteiger partial charge on any atom is -0.378 e. The highest BCUT2D eigenvalue weighted by molar-refractivity contribution is 5.27. The summed E-state index contributed by atoms with van der Waals surface area (Å²) in [6, 6.07) is 8.44. The molecular formula is C15H24N2O. The summed E-state index contributed by atoms with van der Waals surface area (Å²) in [7, 11) is 1.80. The Morgan fingerprint density at radius 1 is 1.28 bits per heavy atom. The third-order valence-electron chi connectivity index (χ3n) is 4.20. The number of hydrogen-bond acceptors (Lipinski definition) is 3. The quantitative estimate of drug-likeness (QED) is 0.866. The predicted molar refractivity (Wildman–Crippen MR) is 74.2 cm³/mol. The molecule has 0 saturated carbocycles. The molecule has 1 heterocycles. The Morgan fingerprint density at radius 3 is 2.44 bits per heavy atom. The van der Waals surface area contributed by atoms with Crippen LogP contribution >= 0.6 is 0 Å². The van der Waals surface area contributed by atoms with Crippen molar-refractivity contribution in [1.29, 1.82) is 0 Å². The minimum absolute atomic E-state index is 0.0100. The lowest BCUT2D eigenvalue weighted by molar-refractivity contribution is -0.0901. The first-order valence-electron chi connectivity index (χ1n) is 6.61. The Hall–Kier alpha value is -0.900. The molecule has 0 bridgehead atoms. The maximum absolute atomic E-state index is 5.77. The molecule has 18 heavy (non-hydrogen) atoms. The normalized spacial score (nSPS) is 17.8. The van der Waals surface area contributed by atoms with Gasteiger partial charge in [-0.1, -0.05) is 24.3 Å². The van der Waals surface area contributed by atoms with Crippen LogP contribution in [0.1, 0.15) is 25.0 Å². The molecular weight excluding hydrogens is 224 g/mol. The molecule has 1 aliphatic heterocycles. The van der Waals surface area contributed by atoms with Crippen molar-refractivity contribution in [3.8, 4) is 0 Å². The lowest BCUT2D eigenvalue weighted by atomic mass is 9.84. The summed E-state index contributed by atoms with van der Waals surface area (Å²) in [6.45, 7) is 8.19. The standard InChI is InChI=1S/C15H24N2O/c1-15(2,18-3)14-10-17(11-14)9-13-7-5-4-6-12(13)8-16/h4-7,14H,8-11,16H2,1-3H3. The first-order valence-corrected chi connectivity index (χ1v) is 6.61.